The van der Waals surface area contributed by atoms with Crippen molar-refractivity contribution in [2.75, 3.05) is 37.6 Å². The van der Waals surface area contributed by atoms with E-state index in [0.29, 0.717) is 36.8 Å². The highest BCUT2D eigenvalue weighted by atomic mass is 35.5. The molecule has 8 heteroatoms. The maximum Gasteiger partial charge on any atom is 0.251 e. The Labute approximate surface area is 187 Å². The van der Waals surface area contributed by atoms with Crippen LogP contribution in [0.5, 0.6) is 0 Å². The summed E-state index contributed by atoms with van der Waals surface area (Å²) in [7, 11) is 0. The summed E-state index contributed by atoms with van der Waals surface area (Å²) in [5.41, 5.74) is 1.58. The summed E-state index contributed by atoms with van der Waals surface area (Å²) < 4.78 is 0. The molecule has 1 aliphatic heterocycles. The Morgan fingerprint density at radius 2 is 1.71 bits per heavy atom. The van der Waals surface area contributed by atoms with Gasteiger partial charge in [0.1, 0.15) is 0 Å². The molecular weight excluding hydrogens is 416 g/mol. The van der Waals surface area contributed by atoms with Crippen molar-refractivity contribution in [2.24, 2.45) is 0 Å². The molecule has 2 aromatic carbocycles. The first-order chi connectivity index (χ1) is 14.9. The smallest absolute Gasteiger partial charge is 0.251 e. The van der Waals surface area contributed by atoms with Crippen molar-refractivity contribution in [1.82, 2.24) is 15.5 Å². The SMILES string of the molecule is CC(CC(=O)NCC(=O)N1CCN(c2cccc(Cl)c2)CC1)NC(=O)c1ccccc1. The Hall–Kier alpha value is -3.06. The second-order valence-corrected chi connectivity index (χ2v) is 8.01. The van der Waals surface area contributed by atoms with Crippen LogP contribution in [0.1, 0.15) is 23.7 Å². The highest BCUT2D eigenvalue weighted by molar-refractivity contribution is 6.30. The van der Waals surface area contributed by atoms with Gasteiger partial charge in [-0.15, -0.1) is 0 Å². The molecule has 0 spiro atoms. The molecule has 1 unspecified atom stereocenters. The molecule has 0 radical (unpaired) electrons. The van der Waals surface area contributed by atoms with Crippen LogP contribution in [0, 0.1) is 0 Å². The molecule has 1 heterocycles. The Morgan fingerprint density at radius 1 is 1.00 bits per heavy atom. The van der Waals surface area contributed by atoms with Crippen LogP contribution in [0.3, 0.4) is 0 Å². The second kappa shape index (κ2) is 10.8. The molecule has 0 aliphatic carbocycles. The van der Waals surface area contributed by atoms with E-state index in [9.17, 15) is 14.4 Å². The lowest BCUT2D eigenvalue weighted by Crippen LogP contribution is -2.51. The van der Waals surface area contributed by atoms with E-state index in [-0.39, 0.29) is 36.7 Å². The molecule has 2 aromatic rings. The summed E-state index contributed by atoms with van der Waals surface area (Å²) in [5, 5.41) is 6.14. The van der Waals surface area contributed by atoms with Crippen LogP contribution in [0.25, 0.3) is 0 Å². The van der Waals surface area contributed by atoms with Crippen molar-refractivity contribution >= 4 is 35.0 Å². The number of anilines is 1. The molecule has 164 valence electrons. The normalized spacial score (nSPS) is 14.6. The average Bonchev–Trinajstić information content (AvgIpc) is 2.78. The summed E-state index contributed by atoms with van der Waals surface area (Å²) in [6.45, 7) is 4.31. The van der Waals surface area contributed by atoms with Gasteiger partial charge in [0.15, 0.2) is 0 Å². The summed E-state index contributed by atoms with van der Waals surface area (Å²) in [6, 6.07) is 16.2. The molecule has 3 rings (SSSR count). The molecule has 1 atom stereocenters. The minimum Gasteiger partial charge on any atom is -0.368 e. The lowest BCUT2D eigenvalue weighted by molar-refractivity contribution is -0.133. The molecule has 1 saturated heterocycles. The molecule has 2 N–H and O–H groups in total. The van der Waals surface area contributed by atoms with E-state index in [4.69, 9.17) is 11.6 Å². The van der Waals surface area contributed by atoms with Gasteiger partial charge in [0.05, 0.1) is 6.54 Å². The van der Waals surface area contributed by atoms with Crippen LogP contribution in [-0.4, -0.2) is 61.4 Å². The standard InChI is InChI=1S/C23H27ClN4O3/c1-17(26-23(31)18-6-3-2-4-7-18)14-21(29)25-16-22(30)28-12-10-27(11-13-28)20-9-5-8-19(24)15-20/h2-9,15,17H,10-14,16H2,1H3,(H,25,29)(H,26,31). The minimum atomic E-state index is -0.343. The zero-order valence-electron chi connectivity index (χ0n) is 17.5. The van der Waals surface area contributed by atoms with Gasteiger partial charge in [-0.2, -0.15) is 0 Å². The topological polar surface area (TPSA) is 81.8 Å². The summed E-state index contributed by atoms with van der Waals surface area (Å²) >= 11 is 6.05. The van der Waals surface area contributed by atoms with Gasteiger partial charge in [0, 0.05) is 54.9 Å². The third-order valence-corrected chi connectivity index (χ3v) is 5.38. The quantitative estimate of drug-likeness (QED) is 0.689. The van der Waals surface area contributed by atoms with E-state index in [1.165, 1.54) is 0 Å². The van der Waals surface area contributed by atoms with Gasteiger partial charge in [-0.1, -0.05) is 35.9 Å². The first kappa shape index (κ1) is 22.6. The van der Waals surface area contributed by atoms with Crippen molar-refractivity contribution in [3.8, 4) is 0 Å². The van der Waals surface area contributed by atoms with Crippen LogP contribution in [-0.2, 0) is 9.59 Å². The highest BCUT2D eigenvalue weighted by Gasteiger charge is 2.22. The third-order valence-electron chi connectivity index (χ3n) is 5.15. The van der Waals surface area contributed by atoms with Crippen molar-refractivity contribution < 1.29 is 14.4 Å². The minimum absolute atomic E-state index is 0.0463. The van der Waals surface area contributed by atoms with Crippen LogP contribution in [0.4, 0.5) is 5.69 Å². The van der Waals surface area contributed by atoms with E-state index in [1.807, 2.05) is 30.3 Å². The number of benzene rings is 2. The van der Waals surface area contributed by atoms with E-state index in [0.717, 1.165) is 5.69 Å². The second-order valence-electron chi connectivity index (χ2n) is 7.57. The summed E-state index contributed by atoms with van der Waals surface area (Å²) in [5.74, 6) is -0.610. The van der Waals surface area contributed by atoms with E-state index < -0.39 is 0 Å². The van der Waals surface area contributed by atoms with E-state index >= 15 is 0 Å². The van der Waals surface area contributed by atoms with Gasteiger partial charge in [0.25, 0.3) is 5.91 Å². The molecule has 0 saturated carbocycles. The van der Waals surface area contributed by atoms with Crippen molar-refractivity contribution in [2.45, 2.75) is 19.4 Å². The number of nitrogens with zero attached hydrogens (tertiary/aromatic N) is 2. The van der Waals surface area contributed by atoms with Crippen molar-refractivity contribution in [3.05, 3.63) is 65.2 Å². The Bertz CT molecular complexity index is 914. The molecule has 1 aliphatic rings. The van der Waals surface area contributed by atoms with Crippen LogP contribution < -0.4 is 15.5 Å². The van der Waals surface area contributed by atoms with Crippen LogP contribution in [0.15, 0.2) is 54.6 Å². The first-order valence-corrected chi connectivity index (χ1v) is 10.7. The van der Waals surface area contributed by atoms with Gasteiger partial charge < -0.3 is 20.4 Å². The highest BCUT2D eigenvalue weighted by Crippen LogP contribution is 2.20. The number of amides is 3. The fourth-order valence-electron chi connectivity index (χ4n) is 3.47. The number of hydrogen-bond donors (Lipinski definition) is 2. The number of rotatable bonds is 7. The van der Waals surface area contributed by atoms with Gasteiger partial charge in [-0.05, 0) is 37.3 Å². The monoisotopic (exact) mass is 442 g/mol. The van der Waals surface area contributed by atoms with Crippen LogP contribution >= 0.6 is 11.6 Å². The van der Waals surface area contributed by atoms with Gasteiger partial charge >= 0.3 is 0 Å². The number of halogens is 1. The zero-order valence-corrected chi connectivity index (χ0v) is 18.3. The van der Waals surface area contributed by atoms with E-state index in [1.54, 1.807) is 36.1 Å². The van der Waals surface area contributed by atoms with Gasteiger partial charge in [-0.3, -0.25) is 14.4 Å². The lowest BCUT2D eigenvalue weighted by Gasteiger charge is -2.36. The number of nitrogens with one attached hydrogen (secondary N) is 2. The Balaban J connectivity index is 1.37. The molecule has 0 bridgehead atoms. The average molecular weight is 443 g/mol. The number of carbonyl (C=O) groups is 3. The summed E-state index contributed by atoms with van der Waals surface area (Å²) in [4.78, 5) is 40.7. The Kier molecular flexibility index (Phi) is 7.89. The van der Waals surface area contributed by atoms with Crippen molar-refractivity contribution in [3.63, 3.8) is 0 Å². The maximum atomic E-state index is 12.5. The number of piperazine rings is 1. The molecular formula is C23H27ClN4O3. The van der Waals surface area contributed by atoms with E-state index in [2.05, 4.69) is 15.5 Å². The maximum absolute atomic E-state index is 12.5. The number of carbonyl (C=O) groups excluding carboxylic acids is 3. The predicted molar refractivity (Wildman–Crippen MR) is 121 cm³/mol. The van der Waals surface area contributed by atoms with Crippen molar-refractivity contribution in [1.29, 1.82) is 0 Å². The summed E-state index contributed by atoms with van der Waals surface area (Å²) in [6.07, 6.45) is 0.106. The molecule has 7 nitrogen and oxygen atoms in total. The zero-order chi connectivity index (χ0) is 22.2. The largest absolute Gasteiger partial charge is 0.368 e. The third kappa shape index (κ3) is 6.72. The molecule has 1 fully saturated rings. The fourth-order valence-corrected chi connectivity index (χ4v) is 3.66. The molecule has 3 amide bonds. The molecule has 0 aromatic heterocycles. The van der Waals surface area contributed by atoms with Gasteiger partial charge in [-0.25, -0.2) is 0 Å². The fraction of sp³-hybridized carbons (Fsp3) is 0.348. The Morgan fingerprint density at radius 3 is 2.39 bits per heavy atom. The van der Waals surface area contributed by atoms with Gasteiger partial charge in [0.2, 0.25) is 11.8 Å². The van der Waals surface area contributed by atoms with Crippen LogP contribution in [0.2, 0.25) is 5.02 Å². The predicted octanol–water partition coefficient (Wildman–Crippen LogP) is 2.31. The molecule has 31 heavy (non-hydrogen) atoms. The lowest BCUT2D eigenvalue weighted by atomic mass is 10.1. The number of hydrogen-bond acceptors (Lipinski definition) is 4. The first-order valence-electron chi connectivity index (χ1n) is 10.3.